The van der Waals surface area contributed by atoms with E-state index in [1.54, 1.807) is 7.11 Å². The molecule has 0 aliphatic carbocycles. The summed E-state index contributed by atoms with van der Waals surface area (Å²) in [6.45, 7) is 4.34. The number of para-hydroxylation sites is 2. The molecule has 0 bridgehead atoms. The minimum atomic E-state index is -0.0156. The van der Waals surface area contributed by atoms with Crippen molar-refractivity contribution in [3.05, 3.63) is 24.3 Å². The van der Waals surface area contributed by atoms with Gasteiger partial charge in [0.1, 0.15) is 5.75 Å². The van der Waals surface area contributed by atoms with Crippen LogP contribution in [0.5, 0.6) is 5.75 Å². The number of benzene rings is 1. The number of rotatable bonds is 7. The second kappa shape index (κ2) is 11.1. The molecule has 1 amide bonds. The number of ether oxygens (including phenoxy) is 1. The van der Waals surface area contributed by atoms with Crippen LogP contribution in [-0.4, -0.2) is 31.6 Å². The normalized spacial score (nSPS) is 12.0. The Bertz CT molecular complexity index is 494. The zero-order valence-electron chi connectivity index (χ0n) is 13.3. The molecule has 0 saturated carbocycles. The molecule has 0 fully saturated rings. The Kier molecular flexibility index (Phi) is 10.3. The van der Waals surface area contributed by atoms with Gasteiger partial charge in [-0.25, -0.2) is 0 Å². The number of anilines is 1. The quantitative estimate of drug-likeness (QED) is 0.359. The smallest absolute Gasteiger partial charge is 0.222 e. The number of hydrogen-bond acceptors (Lipinski definition) is 3. The van der Waals surface area contributed by atoms with E-state index in [0.717, 1.165) is 12.1 Å². The van der Waals surface area contributed by atoms with Gasteiger partial charge in [-0.15, -0.1) is 24.0 Å². The van der Waals surface area contributed by atoms with E-state index in [-0.39, 0.29) is 41.9 Å². The van der Waals surface area contributed by atoms with E-state index in [1.807, 2.05) is 38.1 Å². The summed E-state index contributed by atoms with van der Waals surface area (Å²) in [7, 11) is 1.59. The van der Waals surface area contributed by atoms with Gasteiger partial charge in [0.25, 0.3) is 0 Å². The maximum atomic E-state index is 11.6. The van der Waals surface area contributed by atoms with Crippen molar-refractivity contribution >= 4 is 41.5 Å². The van der Waals surface area contributed by atoms with Gasteiger partial charge in [-0.05, 0) is 25.5 Å². The lowest BCUT2D eigenvalue weighted by atomic mass is 10.2. The van der Waals surface area contributed by atoms with Crippen LogP contribution in [0.25, 0.3) is 0 Å². The lowest BCUT2D eigenvalue weighted by molar-refractivity contribution is -0.121. The predicted octanol–water partition coefficient (Wildman–Crippen LogP) is 2.34. The first-order chi connectivity index (χ1) is 10.1. The number of nitrogens with two attached hydrogens (primary N) is 1. The summed E-state index contributed by atoms with van der Waals surface area (Å²) in [5.41, 5.74) is 6.54. The molecular weight excluding hydrogens is 395 g/mol. The van der Waals surface area contributed by atoms with Gasteiger partial charge in [-0.1, -0.05) is 19.1 Å². The number of nitrogens with one attached hydrogen (secondary N) is 2. The number of methoxy groups -OCH3 is 1. The number of carbonyl (C=O) groups excluding carboxylic acids is 1. The van der Waals surface area contributed by atoms with E-state index in [2.05, 4.69) is 15.6 Å². The van der Waals surface area contributed by atoms with Gasteiger partial charge in [-0.2, -0.15) is 0 Å². The minimum absolute atomic E-state index is 0. The molecule has 1 atom stereocenters. The molecule has 0 spiro atoms. The third kappa shape index (κ3) is 7.48. The first kappa shape index (κ1) is 20.5. The Balaban J connectivity index is 0.00000441. The topological polar surface area (TPSA) is 88.7 Å². The average molecular weight is 420 g/mol. The van der Waals surface area contributed by atoms with Crippen molar-refractivity contribution in [1.82, 2.24) is 5.32 Å². The Labute approximate surface area is 148 Å². The van der Waals surface area contributed by atoms with Crippen LogP contribution >= 0.6 is 24.0 Å². The molecule has 0 saturated heterocycles. The molecule has 0 aliphatic rings. The van der Waals surface area contributed by atoms with Crippen LogP contribution in [0, 0.1) is 0 Å². The molecular formula is C15H25IN4O2. The van der Waals surface area contributed by atoms with Gasteiger partial charge in [0.2, 0.25) is 5.91 Å². The molecule has 0 radical (unpaired) electrons. The third-order valence-electron chi connectivity index (χ3n) is 3.01. The highest BCUT2D eigenvalue weighted by atomic mass is 127. The highest BCUT2D eigenvalue weighted by Gasteiger charge is 2.05. The molecule has 1 unspecified atom stereocenters. The van der Waals surface area contributed by atoms with E-state index >= 15 is 0 Å². The highest BCUT2D eigenvalue weighted by molar-refractivity contribution is 14.0. The van der Waals surface area contributed by atoms with E-state index in [9.17, 15) is 4.79 Å². The second-order valence-corrected chi connectivity index (χ2v) is 4.72. The summed E-state index contributed by atoms with van der Waals surface area (Å²) in [6.07, 6.45) is 1.23. The molecule has 1 rings (SSSR count). The Morgan fingerprint density at radius 3 is 2.73 bits per heavy atom. The third-order valence-corrected chi connectivity index (χ3v) is 3.01. The summed E-state index contributed by atoms with van der Waals surface area (Å²) < 4.78 is 5.21. The van der Waals surface area contributed by atoms with E-state index in [1.165, 1.54) is 0 Å². The van der Waals surface area contributed by atoms with Gasteiger partial charge < -0.3 is 21.1 Å². The number of nitrogens with zero attached hydrogens (tertiary/aromatic N) is 1. The highest BCUT2D eigenvalue weighted by Crippen LogP contribution is 2.22. The summed E-state index contributed by atoms with van der Waals surface area (Å²) in [6, 6.07) is 7.60. The molecule has 0 aliphatic heterocycles. The standard InChI is InChI=1S/C15H24N4O2.HI/c1-4-11(2)18-14(20)9-10-17-15(16)19-12-7-5-6-8-13(12)21-3;/h5-8,11H,4,9-10H2,1-3H3,(H,18,20)(H3,16,17,19);1H. The first-order valence-electron chi connectivity index (χ1n) is 7.06. The maximum Gasteiger partial charge on any atom is 0.222 e. The van der Waals surface area contributed by atoms with Gasteiger partial charge in [0.05, 0.1) is 19.3 Å². The zero-order valence-corrected chi connectivity index (χ0v) is 15.6. The van der Waals surface area contributed by atoms with Crippen LogP contribution < -0.4 is 21.1 Å². The van der Waals surface area contributed by atoms with E-state index in [0.29, 0.717) is 18.7 Å². The van der Waals surface area contributed by atoms with Crippen LogP contribution in [0.1, 0.15) is 26.7 Å². The monoisotopic (exact) mass is 420 g/mol. The van der Waals surface area contributed by atoms with Gasteiger partial charge in [0.15, 0.2) is 5.96 Å². The molecule has 6 nitrogen and oxygen atoms in total. The lowest BCUT2D eigenvalue weighted by Crippen LogP contribution is -2.32. The number of guanidine groups is 1. The van der Waals surface area contributed by atoms with Crippen molar-refractivity contribution < 1.29 is 9.53 Å². The molecule has 1 aromatic carbocycles. The fourth-order valence-corrected chi connectivity index (χ4v) is 1.65. The van der Waals surface area contributed by atoms with Crippen molar-refractivity contribution in [1.29, 1.82) is 0 Å². The molecule has 7 heteroatoms. The number of amides is 1. The van der Waals surface area contributed by atoms with Crippen LogP contribution in [0.4, 0.5) is 5.69 Å². The van der Waals surface area contributed by atoms with Crippen molar-refractivity contribution in [2.24, 2.45) is 10.7 Å². The molecule has 4 N–H and O–H groups in total. The summed E-state index contributed by atoms with van der Waals surface area (Å²) in [4.78, 5) is 15.7. The van der Waals surface area contributed by atoms with Crippen LogP contribution in [0.2, 0.25) is 0 Å². The molecule has 22 heavy (non-hydrogen) atoms. The fourth-order valence-electron chi connectivity index (χ4n) is 1.65. The Hall–Kier alpha value is -1.51. The fraction of sp³-hybridized carbons (Fsp3) is 0.467. The number of halogens is 1. The summed E-state index contributed by atoms with van der Waals surface area (Å²) in [5, 5.41) is 5.84. The number of hydrogen-bond donors (Lipinski definition) is 3. The van der Waals surface area contributed by atoms with Gasteiger partial charge in [0, 0.05) is 12.5 Å². The summed E-state index contributed by atoms with van der Waals surface area (Å²) in [5.74, 6) is 0.930. The van der Waals surface area contributed by atoms with E-state index in [4.69, 9.17) is 10.5 Å². The predicted molar refractivity (Wildman–Crippen MR) is 101 cm³/mol. The second-order valence-electron chi connectivity index (χ2n) is 4.72. The van der Waals surface area contributed by atoms with Crippen LogP contribution in [-0.2, 0) is 4.79 Å². The number of carbonyl (C=O) groups is 1. The average Bonchev–Trinajstić information content (AvgIpc) is 2.47. The molecule has 0 heterocycles. The lowest BCUT2D eigenvalue weighted by Gasteiger charge is -2.11. The van der Waals surface area contributed by atoms with Gasteiger partial charge in [-0.3, -0.25) is 9.79 Å². The molecule has 124 valence electrons. The largest absolute Gasteiger partial charge is 0.495 e. The minimum Gasteiger partial charge on any atom is -0.495 e. The Morgan fingerprint density at radius 2 is 2.09 bits per heavy atom. The van der Waals surface area contributed by atoms with Crippen molar-refractivity contribution in [2.75, 3.05) is 19.0 Å². The van der Waals surface area contributed by atoms with Crippen LogP contribution in [0.15, 0.2) is 29.3 Å². The van der Waals surface area contributed by atoms with Crippen molar-refractivity contribution in [3.8, 4) is 5.75 Å². The SMILES string of the molecule is CCC(C)NC(=O)CCN=C(N)Nc1ccccc1OC.I. The number of aliphatic imine (C=N–C) groups is 1. The maximum absolute atomic E-state index is 11.6. The molecule has 1 aromatic rings. The van der Waals surface area contributed by atoms with Gasteiger partial charge >= 0.3 is 0 Å². The summed E-state index contributed by atoms with van der Waals surface area (Å²) >= 11 is 0. The van der Waals surface area contributed by atoms with Crippen molar-refractivity contribution in [2.45, 2.75) is 32.7 Å². The molecule has 0 aromatic heterocycles. The zero-order chi connectivity index (χ0) is 15.7. The first-order valence-corrected chi connectivity index (χ1v) is 7.06. The Morgan fingerprint density at radius 1 is 1.41 bits per heavy atom. The van der Waals surface area contributed by atoms with Crippen LogP contribution in [0.3, 0.4) is 0 Å². The van der Waals surface area contributed by atoms with E-state index < -0.39 is 0 Å². The van der Waals surface area contributed by atoms with Crippen molar-refractivity contribution in [3.63, 3.8) is 0 Å².